The van der Waals surface area contributed by atoms with E-state index in [9.17, 15) is 4.79 Å². The third-order valence-electron chi connectivity index (χ3n) is 4.21. The van der Waals surface area contributed by atoms with E-state index in [1.165, 1.54) is 0 Å². The number of carbonyl (C=O) groups excluding carboxylic acids is 1. The van der Waals surface area contributed by atoms with Crippen molar-refractivity contribution in [1.29, 1.82) is 0 Å². The van der Waals surface area contributed by atoms with Crippen LogP contribution in [-0.4, -0.2) is 55.0 Å². The summed E-state index contributed by atoms with van der Waals surface area (Å²) in [5, 5.41) is 0. The minimum Gasteiger partial charge on any atom is -0.341 e. The molecule has 0 radical (unpaired) electrons. The van der Waals surface area contributed by atoms with Gasteiger partial charge in [0.15, 0.2) is 0 Å². The predicted octanol–water partition coefficient (Wildman–Crippen LogP) is 1.30. The van der Waals surface area contributed by atoms with Crippen LogP contribution in [-0.2, 0) is 4.79 Å². The third-order valence-corrected chi connectivity index (χ3v) is 4.21. The van der Waals surface area contributed by atoms with Gasteiger partial charge in [-0.15, -0.1) is 0 Å². The molecule has 1 amide bonds. The molecule has 106 valence electrons. The van der Waals surface area contributed by atoms with Crippen molar-refractivity contribution in [2.45, 2.75) is 45.1 Å². The molecule has 4 heteroatoms. The maximum Gasteiger partial charge on any atom is 0.242 e. The minimum atomic E-state index is -0.644. The molecule has 2 N–H and O–H groups in total. The summed E-state index contributed by atoms with van der Waals surface area (Å²) in [6.45, 7) is 6.87. The zero-order chi connectivity index (χ0) is 13.8. The van der Waals surface area contributed by atoms with Crippen molar-refractivity contribution in [3.05, 3.63) is 0 Å². The van der Waals surface area contributed by atoms with Crippen LogP contribution in [0.15, 0.2) is 0 Å². The first-order chi connectivity index (χ1) is 8.42. The fourth-order valence-corrected chi connectivity index (χ4v) is 2.70. The SMILES string of the molecule is CCC(N)(CC)C(=O)N1CCC(CN(C)C)CC1. The van der Waals surface area contributed by atoms with Gasteiger partial charge in [0.25, 0.3) is 0 Å². The van der Waals surface area contributed by atoms with E-state index in [1.54, 1.807) is 0 Å². The van der Waals surface area contributed by atoms with Crippen LogP contribution in [0.5, 0.6) is 0 Å². The third kappa shape index (κ3) is 3.69. The van der Waals surface area contributed by atoms with E-state index in [-0.39, 0.29) is 5.91 Å². The second-order valence-corrected chi connectivity index (χ2v) is 5.86. The highest BCUT2D eigenvalue weighted by Crippen LogP contribution is 2.22. The second-order valence-electron chi connectivity index (χ2n) is 5.86. The molecule has 4 nitrogen and oxygen atoms in total. The lowest BCUT2D eigenvalue weighted by Gasteiger charge is -2.38. The first-order valence-corrected chi connectivity index (χ1v) is 7.16. The Morgan fingerprint density at radius 3 is 2.17 bits per heavy atom. The van der Waals surface area contributed by atoms with Gasteiger partial charge in [-0.2, -0.15) is 0 Å². The topological polar surface area (TPSA) is 49.6 Å². The monoisotopic (exact) mass is 255 g/mol. The molecule has 0 spiro atoms. The number of hydrogen-bond donors (Lipinski definition) is 1. The van der Waals surface area contributed by atoms with Gasteiger partial charge < -0.3 is 15.5 Å². The van der Waals surface area contributed by atoms with E-state index in [0.29, 0.717) is 0 Å². The highest BCUT2D eigenvalue weighted by Gasteiger charge is 2.35. The molecule has 1 rings (SSSR count). The van der Waals surface area contributed by atoms with Crippen LogP contribution in [0.1, 0.15) is 39.5 Å². The van der Waals surface area contributed by atoms with Crippen LogP contribution < -0.4 is 5.73 Å². The van der Waals surface area contributed by atoms with E-state index in [2.05, 4.69) is 19.0 Å². The highest BCUT2D eigenvalue weighted by atomic mass is 16.2. The number of carbonyl (C=O) groups is 1. The molecule has 0 aromatic heterocycles. The van der Waals surface area contributed by atoms with Gasteiger partial charge in [0, 0.05) is 19.6 Å². The van der Waals surface area contributed by atoms with Gasteiger partial charge in [-0.25, -0.2) is 0 Å². The van der Waals surface area contributed by atoms with Crippen molar-refractivity contribution >= 4 is 5.91 Å². The number of hydrogen-bond acceptors (Lipinski definition) is 3. The van der Waals surface area contributed by atoms with Crippen LogP contribution in [0.2, 0.25) is 0 Å². The molecule has 18 heavy (non-hydrogen) atoms. The van der Waals surface area contributed by atoms with Gasteiger partial charge in [-0.05, 0) is 45.7 Å². The Bertz CT molecular complexity index is 266. The summed E-state index contributed by atoms with van der Waals surface area (Å²) in [5.41, 5.74) is 5.54. The van der Waals surface area contributed by atoms with Crippen LogP contribution >= 0.6 is 0 Å². The van der Waals surface area contributed by atoms with E-state index >= 15 is 0 Å². The molecule has 0 aliphatic carbocycles. The number of amides is 1. The molecule has 0 aromatic rings. The average molecular weight is 255 g/mol. The van der Waals surface area contributed by atoms with Crippen molar-refractivity contribution < 1.29 is 4.79 Å². The number of likely N-dealkylation sites (tertiary alicyclic amines) is 1. The molecule has 0 atom stereocenters. The molecule has 1 aliphatic rings. The number of nitrogens with zero attached hydrogens (tertiary/aromatic N) is 2. The maximum atomic E-state index is 12.4. The van der Waals surface area contributed by atoms with Crippen molar-refractivity contribution in [3.63, 3.8) is 0 Å². The standard InChI is InChI=1S/C14H29N3O/c1-5-14(15,6-2)13(18)17-9-7-12(8-10-17)11-16(3)4/h12H,5-11,15H2,1-4H3. The highest BCUT2D eigenvalue weighted by molar-refractivity contribution is 5.86. The van der Waals surface area contributed by atoms with Crippen molar-refractivity contribution in [2.24, 2.45) is 11.7 Å². The molecule has 1 aliphatic heterocycles. The van der Waals surface area contributed by atoms with Crippen LogP contribution in [0.4, 0.5) is 0 Å². The van der Waals surface area contributed by atoms with Crippen molar-refractivity contribution in [2.75, 3.05) is 33.7 Å². The smallest absolute Gasteiger partial charge is 0.242 e. The van der Waals surface area contributed by atoms with E-state index in [0.717, 1.165) is 51.2 Å². The average Bonchev–Trinajstić information content (AvgIpc) is 2.37. The molecule has 1 fully saturated rings. The lowest BCUT2D eigenvalue weighted by molar-refractivity contribution is -0.138. The molecular formula is C14H29N3O. The number of rotatable bonds is 5. The van der Waals surface area contributed by atoms with Gasteiger partial charge in [0.2, 0.25) is 5.91 Å². The first kappa shape index (κ1) is 15.4. The second kappa shape index (κ2) is 6.53. The molecule has 0 aromatic carbocycles. The molecule has 1 saturated heterocycles. The summed E-state index contributed by atoms with van der Waals surface area (Å²) in [7, 11) is 4.22. The predicted molar refractivity (Wildman–Crippen MR) is 75.4 cm³/mol. The van der Waals surface area contributed by atoms with Crippen molar-refractivity contribution in [1.82, 2.24) is 9.80 Å². The quantitative estimate of drug-likeness (QED) is 0.805. The molecule has 0 bridgehead atoms. The van der Waals surface area contributed by atoms with Crippen LogP contribution in [0.25, 0.3) is 0 Å². The molecule has 1 heterocycles. The minimum absolute atomic E-state index is 0.149. The summed E-state index contributed by atoms with van der Waals surface area (Å²) in [5.74, 6) is 0.871. The van der Waals surface area contributed by atoms with Crippen LogP contribution in [0.3, 0.4) is 0 Å². The Labute approximate surface area is 111 Å². The molecule has 0 unspecified atom stereocenters. The summed E-state index contributed by atoms with van der Waals surface area (Å²) in [6, 6.07) is 0. The molecule has 0 saturated carbocycles. The Morgan fingerprint density at radius 1 is 1.28 bits per heavy atom. The normalized spacial score (nSPS) is 18.4. The largest absolute Gasteiger partial charge is 0.341 e. The summed E-state index contributed by atoms with van der Waals surface area (Å²) in [6.07, 6.45) is 3.65. The summed E-state index contributed by atoms with van der Waals surface area (Å²) >= 11 is 0. The van der Waals surface area contributed by atoms with E-state index < -0.39 is 5.54 Å². The van der Waals surface area contributed by atoms with Crippen LogP contribution in [0, 0.1) is 5.92 Å². The fraction of sp³-hybridized carbons (Fsp3) is 0.929. The van der Waals surface area contributed by atoms with Gasteiger partial charge in [-0.3, -0.25) is 4.79 Å². The Kier molecular flexibility index (Phi) is 5.60. The fourth-order valence-electron chi connectivity index (χ4n) is 2.70. The summed E-state index contributed by atoms with van der Waals surface area (Å²) < 4.78 is 0. The Hall–Kier alpha value is -0.610. The summed E-state index contributed by atoms with van der Waals surface area (Å²) in [4.78, 5) is 16.6. The Morgan fingerprint density at radius 2 is 1.78 bits per heavy atom. The first-order valence-electron chi connectivity index (χ1n) is 7.16. The zero-order valence-electron chi connectivity index (χ0n) is 12.4. The Balaban J connectivity index is 2.50. The van der Waals surface area contributed by atoms with Gasteiger partial charge >= 0.3 is 0 Å². The lowest BCUT2D eigenvalue weighted by atomic mass is 9.90. The zero-order valence-corrected chi connectivity index (χ0v) is 12.4. The maximum absolute atomic E-state index is 12.4. The van der Waals surface area contributed by atoms with Gasteiger partial charge in [0.05, 0.1) is 5.54 Å². The number of piperidine rings is 1. The van der Waals surface area contributed by atoms with Gasteiger partial charge in [0.1, 0.15) is 0 Å². The van der Waals surface area contributed by atoms with Gasteiger partial charge in [-0.1, -0.05) is 13.8 Å². The van der Waals surface area contributed by atoms with E-state index in [4.69, 9.17) is 5.73 Å². The van der Waals surface area contributed by atoms with E-state index in [1.807, 2.05) is 18.7 Å². The molecular weight excluding hydrogens is 226 g/mol. The lowest BCUT2D eigenvalue weighted by Crippen LogP contribution is -2.56. The van der Waals surface area contributed by atoms with Crippen molar-refractivity contribution in [3.8, 4) is 0 Å². The number of nitrogens with two attached hydrogens (primary N) is 1.